The van der Waals surface area contributed by atoms with Crippen molar-refractivity contribution >= 4 is 5.82 Å². The number of nitrogens with zero attached hydrogens (tertiary/aromatic N) is 8. The third kappa shape index (κ3) is 2.43. The fourth-order valence-corrected chi connectivity index (χ4v) is 5.03. The quantitative estimate of drug-likeness (QED) is 0.508. The molecule has 2 aliphatic heterocycles. The second-order valence-corrected chi connectivity index (χ2v) is 8.06. The van der Waals surface area contributed by atoms with Crippen molar-refractivity contribution in [3.63, 3.8) is 0 Å². The second-order valence-electron chi connectivity index (χ2n) is 8.06. The van der Waals surface area contributed by atoms with E-state index in [9.17, 15) is 4.39 Å². The Kier molecular flexibility index (Phi) is 3.77. The van der Waals surface area contributed by atoms with E-state index >= 15 is 0 Å². The summed E-state index contributed by atoms with van der Waals surface area (Å²) in [5.41, 5.74) is 1.35. The fraction of sp³-hybridized carbons (Fsp3) is 0.318. The Morgan fingerprint density at radius 3 is 2.94 bits per heavy atom. The van der Waals surface area contributed by atoms with Crippen LogP contribution in [-0.2, 0) is 5.54 Å². The molecule has 1 saturated heterocycles. The molecule has 1 fully saturated rings. The van der Waals surface area contributed by atoms with Gasteiger partial charge >= 0.3 is 0 Å². The second kappa shape index (κ2) is 6.44. The van der Waals surface area contributed by atoms with Crippen LogP contribution in [-0.4, -0.2) is 40.8 Å². The molecule has 6 rings (SSSR count). The monoisotopic (exact) mass is 416 g/mol. The van der Waals surface area contributed by atoms with E-state index in [1.54, 1.807) is 23.0 Å². The molecule has 2 aliphatic rings. The number of aryl methyl sites for hydroxylation is 1. The van der Waals surface area contributed by atoms with E-state index in [-0.39, 0.29) is 11.4 Å². The van der Waals surface area contributed by atoms with Crippen molar-refractivity contribution in [2.75, 3.05) is 11.4 Å². The molecule has 0 aliphatic carbocycles. The van der Waals surface area contributed by atoms with Crippen LogP contribution in [0.2, 0.25) is 0 Å². The number of hydrogen-bond donors (Lipinski definition) is 0. The highest BCUT2D eigenvalue weighted by Crippen LogP contribution is 2.49. The predicted octanol–water partition coefficient (Wildman–Crippen LogP) is 3.58. The van der Waals surface area contributed by atoms with Gasteiger partial charge in [0, 0.05) is 24.5 Å². The molecule has 0 spiro atoms. The molecular weight excluding hydrogens is 395 g/mol. The van der Waals surface area contributed by atoms with Crippen LogP contribution in [0.3, 0.4) is 0 Å². The van der Waals surface area contributed by atoms with Crippen molar-refractivity contribution in [1.82, 2.24) is 34.3 Å². The smallest absolute Gasteiger partial charge is 0.237 e. The van der Waals surface area contributed by atoms with Gasteiger partial charge in [-0.3, -0.25) is 9.13 Å². The Labute approximate surface area is 178 Å². The van der Waals surface area contributed by atoms with E-state index in [0.29, 0.717) is 17.3 Å². The van der Waals surface area contributed by atoms with Crippen LogP contribution < -0.4 is 4.90 Å². The van der Waals surface area contributed by atoms with E-state index in [1.807, 2.05) is 19.2 Å². The minimum absolute atomic E-state index is 0.208. The number of halogens is 1. The van der Waals surface area contributed by atoms with Gasteiger partial charge in [-0.2, -0.15) is 4.98 Å². The molecule has 4 aromatic rings. The highest BCUT2D eigenvalue weighted by Gasteiger charge is 2.50. The van der Waals surface area contributed by atoms with Gasteiger partial charge in [0.25, 0.3) is 0 Å². The highest BCUT2D eigenvalue weighted by atomic mass is 19.1. The van der Waals surface area contributed by atoms with Gasteiger partial charge in [0.1, 0.15) is 28.7 Å². The van der Waals surface area contributed by atoms with Crippen LogP contribution in [0.4, 0.5) is 10.2 Å². The van der Waals surface area contributed by atoms with Crippen LogP contribution in [0.15, 0.2) is 42.9 Å². The van der Waals surface area contributed by atoms with Crippen LogP contribution in [0.5, 0.6) is 0 Å². The first-order valence-electron chi connectivity index (χ1n) is 10.5. The molecule has 0 unspecified atom stereocenters. The van der Waals surface area contributed by atoms with Crippen molar-refractivity contribution in [2.45, 2.75) is 38.6 Å². The lowest BCUT2D eigenvalue weighted by Crippen LogP contribution is -2.47. The third-order valence-electron chi connectivity index (χ3n) is 6.49. The molecule has 0 bridgehead atoms. The molecule has 0 amide bonds. The average molecular weight is 416 g/mol. The number of rotatable bonds is 3. The molecule has 0 radical (unpaired) electrons. The van der Waals surface area contributed by atoms with Crippen molar-refractivity contribution in [3.05, 3.63) is 60.3 Å². The van der Waals surface area contributed by atoms with Crippen LogP contribution in [0, 0.1) is 12.7 Å². The third-order valence-corrected chi connectivity index (χ3v) is 6.49. The molecule has 8 nitrogen and oxygen atoms in total. The van der Waals surface area contributed by atoms with Gasteiger partial charge in [-0.15, -0.1) is 10.2 Å². The molecule has 0 N–H and O–H groups in total. The van der Waals surface area contributed by atoms with E-state index in [2.05, 4.69) is 36.6 Å². The van der Waals surface area contributed by atoms with E-state index in [4.69, 9.17) is 4.98 Å². The van der Waals surface area contributed by atoms with Gasteiger partial charge in [0.05, 0.1) is 6.20 Å². The number of imidazole rings is 1. The zero-order valence-electron chi connectivity index (χ0n) is 17.3. The fourth-order valence-electron chi connectivity index (χ4n) is 5.03. The Hall–Kier alpha value is -3.62. The SMILES string of the molecule is CC[C@@]12CCCN1c1nc(-n3ccnc3-c3cccc(F)c3)ncc1-n1c(C)nnc12. The minimum atomic E-state index is -0.307. The van der Waals surface area contributed by atoms with Crippen molar-refractivity contribution in [3.8, 4) is 23.0 Å². The Balaban J connectivity index is 1.54. The van der Waals surface area contributed by atoms with E-state index in [1.165, 1.54) is 12.1 Å². The number of hydrogen-bond acceptors (Lipinski definition) is 6. The van der Waals surface area contributed by atoms with Gasteiger partial charge in [0.15, 0.2) is 11.6 Å². The first-order chi connectivity index (χ1) is 15.1. The number of fused-ring (bicyclic) bond motifs is 6. The van der Waals surface area contributed by atoms with Gasteiger partial charge < -0.3 is 4.90 Å². The Morgan fingerprint density at radius 1 is 1.19 bits per heavy atom. The first kappa shape index (κ1) is 18.2. The maximum Gasteiger partial charge on any atom is 0.237 e. The molecule has 5 heterocycles. The topological polar surface area (TPSA) is 77.5 Å². The van der Waals surface area contributed by atoms with E-state index < -0.39 is 0 Å². The molecule has 0 saturated carbocycles. The summed E-state index contributed by atoms with van der Waals surface area (Å²) in [4.78, 5) is 16.4. The maximum absolute atomic E-state index is 13.8. The van der Waals surface area contributed by atoms with Crippen LogP contribution >= 0.6 is 0 Å². The first-order valence-corrected chi connectivity index (χ1v) is 10.5. The molecule has 156 valence electrons. The summed E-state index contributed by atoms with van der Waals surface area (Å²) in [6, 6.07) is 6.39. The molecular formula is C22H21FN8. The summed E-state index contributed by atoms with van der Waals surface area (Å²) in [7, 11) is 0. The highest BCUT2D eigenvalue weighted by molar-refractivity contribution is 5.66. The predicted molar refractivity (Wildman–Crippen MR) is 113 cm³/mol. The molecule has 9 heteroatoms. The minimum Gasteiger partial charge on any atom is -0.342 e. The maximum atomic E-state index is 13.8. The number of benzene rings is 1. The van der Waals surface area contributed by atoms with Crippen molar-refractivity contribution in [2.24, 2.45) is 0 Å². The van der Waals surface area contributed by atoms with E-state index in [0.717, 1.165) is 49.0 Å². The van der Waals surface area contributed by atoms with Gasteiger partial charge in [-0.05, 0) is 38.3 Å². The number of anilines is 1. The number of aromatic nitrogens is 7. The van der Waals surface area contributed by atoms with Gasteiger partial charge in [-0.25, -0.2) is 14.4 Å². The standard InChI is InChI=1S/C22H21FN8/c1-3-22-8-5-10-30(22)19-17(31-14(2)27-28-20(22)31)13-25-21(26-19)29-11-9-24-18(29)15-6-4-7-16(23)12-15/h4,6-7,9,11-13H,3,5,8,10H2,1-2H3/t22-/m0/s1. The molecule has 1 atom stereocenters. The summed E-state index contributed by atoms with van der Waals surface area (Å²) in [5.74, 6) is 3.46. The largest absolute Gasteiger partial charge is 0.342 e. The summed E-state index contributed by atoms with van der Waals surface area (Å²) < 4.78 is 17.7. The summed E-state index contributed by atoms with van der Waals surface area (Å²) >= 11 is 0. The molecule has 31 heavy (non-hydrogen) atoms. The average Bonchev–Trinajstić information content (AvgIpc) is 3.52. The van der Waals surface area contributed by atoms with Gasteiger partial charge in [-0.1, -0.05) is 19.1 Å². The normalized spacial score (nSPS) is 19.3. The van der Waals surface area contributed by atoms with Gasteiger partial charge in [0.2, 0.25) is 5.95 Å². The molecule has 1 aromatic carbocycles. The van der Waals surface area contributed by atoms with Crippen molar-refractivity contribution < 1.29 is 4.39 Å². The lowest BCUT2D eigenvalue weighted by molar-refractivity contribution is 0.381. The lowest BCUT2D eigenvalue weighted by Gasteiger charge is -2.42. The zero-order chi connectivity index (χ0) is 21.2. The zero-order valence-corrected chi connectivity index (χ0v) is 17.3. The lowest BCUT2D eigenvalue weighted by atomic mass is 9.90. The summed E-state index contributed by atoms with van der Waals surface area (Å²) in [6.45, 7) is 5.06. The molecule has 3 aromatic heterocycles. The Morgan fingerprint density at radius 2 is 2.10 bits per heavy atom. The van der Waals surface area contributed by atoms with Crippen molar-refractivity contribution in [1.29, 1.82) is 0 Å². The van der Waals surface area contributed by atoms with Crippen LogP contribution in [0.1, 0.15) is 37.8 Å². The Bertz CT molecular complexity index is 1310. The summed E-state index contributed by atoms with van der Waals surface area (Å²) in [6.07, 6.45) is 8.31. The van der Waals surface area contributed by atoms with Crippen LogP contribution in [0.25, 0.3) is 23.0 Å². The summed E-state index contributed by atoms with van der Waals surface area (Å²) in [5, 5.41) is 8.91.